The molecule has 0 aromatic rings. The Morgan fingerprint density at radius 3 is 2.14 bits per heavy atom. The van der Waals surface area contributed by atoms with Crippen molar-refractivity contribution in [2.75, 3.05) is 20.1 Å². The van der Waals surface area contributed by atoms with E-state index in [0.29, 0.717) is 13.1 Å². The highest BCUT2D eigenvalue weighted by molar-refractivity contribution is 5.85. The minimum Gasteiger partial charge on any atom is -0.353 e. The van der Waals surface area contributed by atoms with Crippen LogP contribution in [0.1, 0.15) is 13.8 Å². The summed E-state index contributed by atoms with van der Waals surface area (Å²) in [5.74, 6) is -0.119. The van der Waals surface area contributed by atoms with E-state index in [1.807, 2.05) is 0 Å². The monoisotopic (exact) mass is 202 g/mol. The van der Waals surface area contributed by atoms with E-state index in [1.54, 1.807) is 20.9 Å². The van der Waals surface area contributed by atoms with Crippen molar-refractivity contribution in [2.24, 2.45) is 5.73 Å². The van der Waals surface area contributed by atoms with Crippen LogP contribution in [0.3, 0.4) is 0 Å². The molecule has 0 saturated carbocycles. The third-order valence-corrected chi connectivity index (χ3v) is 1.90. The highest BCUT2D eigenvalue weighted by Crippen LogP contribution is 1.99. The van der Waals surface area contributed by atoms with E-state index in [-0.39, 0.29) is 5.91 Å². The zero-order chi connectivity index (χ0) is 11.2. The van der Waals surface area contributed by atoms with Gasteiger partial charge in [-0.15, -0.1) is 0 Å². The second-order valence-corrected chi connectivity index (χ2v) is 3.42. The van der Waals surface area contributed by atoms with Crippen LogP contribution in [0.5, 0.6) is 0 Å². The maximum atomic E-state index is 11.4. The maximum Gasteiger partial charge on any atom is 0.312 e. The van der Waals surface area contributed by atoms with Gasteiger partial charge in [-0.1, -0.05) is 0 Å². The smallest absolute Gasteiger partial charge is 0.312 e. The van der Waals surface area contributed by atoms with Crippen molar-refractivity contribution >= 4 is 11.9 Å². The number of amides is 3. The van der Waals surface area contributed by atoms with E-state index < -0.39 is 11.6 Å². The van der Waals surface area contributed by atoms with E-state index in [2.05, 4.69) is 16.0 Å². The fourth-order valence-electron chi connectivity index (χ4n) is 0.696. The zero-order valence-electron chi connectivity index (χ0n) is 8.81. The molecule has 0 atom stereocenters. The summed E-state index contributed by atoms with van der Waals surface area (Å²) in [6.45, 7) is 4.24. The Labute approximate surface area is 83.6 Å². The molecule has 0 unspecified atom stereocenters. The van der Waals surface area contributed by atoms with Crippen LogP contribution in [0.25, 0.3) is 0 Å². The van der Waals surface area contributed by atoms with Crippen molar-refractivity contribution in [3.05, 3.63) is 0 Å². The highest BCUT2D eigenvalue weighted by atomic mass is 16.2. The number of nitrogens with one attached hydrogen (secondary N) is 3. The maximum absolute atomic E-state index is 11.4. The molecule has 0 saturated heterocycles. The first-order valence-corrected chi connectivity index (χ1v) is 4.40. The number of carbonyl (C=O) groups excluding carboxylic acids is 2. The molecule has 0 aromatic carbocycles. The summed E-state index contributed by atoms with van der Waals surface area (Å²) in [4.78, 5) is 21.7. The van der Waals surface area contributed by atoms with Gasteiger partial charge in [-0.25, -0.2) is 4.79 Å². The van der Waals surface area contributed by atoms with Crippen molar-refractivity contribution in [3.8, 4) is 0 Å². The molecular weight excluding hydrogens is 184 g/mol. The van der Waals surface area contributed by atoms with Gasteiger partial charge in [0.25, 0.3) is 0 Å². The van der Waals surface area contributed by atoms with Crippen LogP contribution in [0.2, 0.25) is 0 Å². The van der Waals surface area contributed by atoms with E-state index >= 15 is 0 Å². The van der Waals surface area contributed by atoms with Gasteiger partial charge < -0.3 is 21.7 Å². The summed E-state index contributed by atoms with van der Waals surface area (Å²) in [7, 11) is 1.71. The number of primary amides is 1. The first-order valence-electron chi connectivity index (χ1n) is 4.40. The molecule has 0 aliphatic carbocycles. The summed E-state index contributed by atoms with van der Waals surface area (Å²) in [6.07, 6.45) is 0. The van der Waals surface area contributed by atoms with E-state index in [9.17, 15) is 9.59 Å². The van der Waals surface area contributed by atoms with Crippen LogP contribution in [0.15, 0.2) is 0 Å². The van der Waals surface area contributed by atoms with Crippen LogP contribution in [-0.4, -0.2) is 37.6 Å². The Hall–Kier alpha value is -1.30. The average molecular weight is 202 g/mol. The van der Waals surface area contributed by atoms with Crippen molar-refractivity contribution in [3.63, 3.8) is 0 Å². The Morgan fingerprint density at radius 1 is 1.21 bits per heavy atom. The first kappa shape index (κ1) is 12.7. The molecule has 6 heteroatoms. The van der Waals surface area contributed by atoms with Crippen molar-refractivity contribution < 1.29 is 9.59 Å². The first-order chi connectivity index (χ1) is 6.40. The lowest BCUT2D eigenvalue weighted by molar-refractivity contribution is -0.126. The number of urea groups is 1. The molecule has 0 heterocycles. The lowest BCUT2D eigenvalue weighted by Crippen LogP contribution is -2.52. The van der Waals surface area contributed by atoms with Crippen LogP contribution in [-0.2, 0) is 4.79 Å². The van der Waals surface area contributed by atoms with Crippen LogP contribution in [0, 0.1) is 0 Å². The van der Waals surface area contributed by atoms with Crippen LogP contribution >= 0.6 is 0 Å². The molecule has 0 aromatic heterocycles. The summed E-state index contributed by atoms with van der Waals surface area (Å²) in [5.41, 5.74) is 4.24. The average Bonchev–Trinajstić information content (AvgIpc) is 2.11. The largest absolute Gasteiger partial charge is 0.353 e. The van der Waals surface area contributed by atoms with Crippen molar-refractivity contribution in [1.82, 2.24) is 16.0 Å². The molecule has 0 spiro atoms. The second kappa shape index (κ2) is 5.43. The third kappa shape index (κ3) is 4.66. The van der Waals surface area contributed by atoms with Gasteiger partial charge in [0.2, 0.25) is 5.91 Å². The number of carbonyl (C=O) groups is 2. The zero-order valence-corrected chi connectivity index (χ0v) is 8.81. The molecule has 6 nitrogen and oxygen atoms in total. The van der Waals surface area contributed by atoms with Gasteiger partial charge in [0.1, 0.15) is 0 Å². The van der Waals surface area contributed by atoms with Gasteiger partial charge >= 0.3 is 6.03 Å². The van der Waals surface area contributed by atoms with Gasteiger partial charge in [0.05, 0.1) is 5.54 Å². The van der Waals surface area contributed by atoms with E-state index in [4.69, 9.17) is 5.73 Å². The van der Waals surface area contributed by atoms with Gasteiger partial charge in [0.15, 0.2) is 0 Å². The topological polar surface area (TPSA) is 96.2 Å². The summed E-state index contributed by atoms with van der Waals surface area (Å²) >= 11 is 0. The number of hydrogen-bond acceptors (Lipinski definition) is 3. The lowest BCUT2D eigenvalue weighted by Gasteiger charge is -2.22. The van der Waals surface area contributed by atoms with Crippen LogP contribution in [0.4, 0.5) is 4.79 Å². The van der Waals surface area contributed by atoms with Gasteiger partial charge in [-0.05, 0) is 20.9 Å². The minimum atomic E-state index is -0.604. The standard InChI is InChI=1S/C8H18N4O2/c1-8(2,10-3)6(13)11-4-5-12-7(9)14/h10H,4-5H2,1-3H3,(H,11,13)(H3,9,12,14). The Bertz CT molecular complexity index is 215. The number of likely N-dealkylation sites (N-methyl/N-ethyl adjacent to an activating group) is 1. The number of rotatable bonds is 5. The normalized spacial score (nSPS) is 10.8. The summed E-state index contributed by atoms with van der Waals surface area (Å²) in [5, 5.41) is 7.90. The quantitative estimate of drug-likeness (QED) is 0.420. The van der Waals surface area contributed by atoms with Crippen molar-refractivity contribution in [1.29, 1.82) is 0 Å². The summed E-state index contributed by atoms with van der Waals surface area (Å²) in [6, 6.07) is -0.591. The van der Waals surface area contributed by atoms with Crippen molar-refractivity contribution in [2.45, 2.75) is 19.4 Å². The molecule has 0 radical (unpaired) electrons. The highest BCUT2D eigenvalue weighted by Gasteiger charge is 2.24. The Morgan fingerprint density at radius 2 is 1.71 bits per heavy atom. The van der Waals surface area contributed by atoms with Gasteiger partial charge in [0, 0.05) is 13.1 Å². The molecule has 0 fully saturated rings. The number of hydrogen-bond donors (Lipinski definition) is 4. The SMILES string of the molecule is CNC(C)(C)C(=O)NCCNC(N)=O. The minimum absolute atomic E-state index is 0.119. The molecule has 0 rings (SSSR count). The molecule has 82 valence electrons. The molecule has 0 aliphatic heterocycles. The number of nitrogens with two attached hydrogens (primary N) is 1. The predicted molar refractivity (Wildman–Crippen MR) is 53.7 cm³/mol. The fraction of sp³-hybridized carbons (Fsp3) is 0.750. The summed E-state index contributed by atoms with van der Waals surface area (Å²) < 4.78 is 0. The molecule has 5 N–H and O–H groups in total. The molecule has 0 bridgehead atoms. The van der Waals surface area contributed by atoms with Gasteiger partial charge in [-0.3, -0.25) is 4.79 Å². The van der Waals surface area contributed by atoms with E-state index in [0.717, 1.165) is 0 Å². The Balaban J connectivity index is 3.70. The van der Waals surface area contributed by atoms with Gasteiger partial charge in [-0.2, -0.15) is 0 Å². The lowest BCUT2D eigenvalue weighted by atomic mass is 10.1. The predicted octanol–water partition coefficient (Wildman–Crippen LogP) is -1.23. The van der Waals surface area contributed by atoms with Crippen LogP contribution < -0.4 is 21.7 Å². The molecule has 3 amide bonds. The second-order valence-electron chi connectivity index (χ2n) is 3.42. The fourth-order valence-corrected chi connectivity index (χ4v) is 0.696. The Kier molecular flexibility index (Phi) is 4.93. The molecule has 0 aliphatic rings. The molecule has 14 heavy (non-hydrogen) atoms. The van der Waals surface area contributed by atoms with E-state index in [1.165, 1.54) is 0 Å². The third-order valence-electron chi connectivity index (χ3n) is 1.90. The molecular formula is C8H18N4O2.